The summed E-state index contributed by atoms with van der Waals surface area (Å²) in [6.07, 6.45) is 0. The molecule has 0 aliphatic carbocycles. The van der Waals surface area contributed by atoms with Crippen molar-refractivity contribution < 1.29 is 9.66 Å². The van der Waals surface area contributed by atoms with Crippen molar-refractivity contribution in [2.45, 2.75) is 26.3 Å². The number of ether oxygens (including phenoxy) is 1. The molecule has 0 atom stereocenters. The molecule has 1 rings (SSSR count). The third kappa shape index (κ3) is 4.89. The van der Waals surface area contributed by atoms with Crippen LogP contribution in [-0.4, -0.2) is 23.6 Å². The van der Waals surface area contributed by atoms with E-state index in [4.69, 9.17) is 16.3 Å². The van der Waals surface area contributed by atoms with E-state index in [0.29, 0.717) is 18.2 Å². The minimum atomic E-state index is -0.502. The summed E-state index contributed by atoms with van der Waals surface area (Å²) >= 11 is 5.71. The van der Waals surface area contributed by atoms with Crippen LogP contribution < -0.4 is 10.1 Å². The van der Waals surface area contributed by atoms with Gasteiger partial charge in [0.15, 0.2) is 5.75 Å². The van der Waals surface area contributed by atoms with E-state index in [1.54, 1.807) is 6.07 Å². The minimum Gasteiger partial charge on any atom is -0.485 e. The highest BCUT2D eigenvalue weighted by molar-refractivity contribution is 6.30. The zero-order chi connectivity index (χ0) is 13.8. The molecule has 0 heterocycles. The van der Waals surface area contributed by atoms with E-state index >= 15 is 0 Å². The Morgan fingerprint density at radius 2 is 2.11 bits per heavy atom. The number of hydrogen-bond acceptors (Lipinski definition) is 4. The van der Waals surface area contributed by atoms with E-state index in [2.05, 4.69) is 5.32 Å². The van der Waals surface area contributed by atoms with Gasteiger partial charge in [-0.2, -0.15) is 0 Å². The van der Waals surface area contributed by atoms with Crippen molar-refractivity contribution in [1.29, 1.82) is 0 Å². The van der Waals surface area contributed by atoms with Crippen LogP contribution in [0, 0.1) is 10.1 Å². The number of nitro groups is 1. The third-order valence-corrected chi connectivity index (χ3v) is 2.37. The number of nitrogens with zero attached hydrogens (tertiary/aromatic N) is 1. The van der Waals surface area contributed by atoms with Gasteiger partial charge in [-0.15, -0.1) is 0 Å². The lowest BCUT2D eigenvalue weighted by Crippen LogP contribution is -2.38. The Hall–Kier alpha value is -1.33. The van der Waals surface area contributed by atoms with Crippen LogP contribution in [-0.2, 0) is 0 Å². The van der Waals surface area contributed by atoms with Gasteiger partial charge in [-0.25, -0.2) is 0 Å². The molecule has 100 valence electrons. The lowest BCUT2D eigenvalue weighted by Gasteiger charge is -2.20. The van der Waals surface area contributed by atoms with E-state index in [-0.39, 0.29) is 17.0 Å². The summed E-state index contributed by atoms with van der Waals surface area (Å²) in [5.74, 6) is 0.236. The van der Waals surface area contributed by atoms with E-state index in [1.165, 1.54) is 12.1 Å². The largest absolute Gasteiger partial charge is 0.485 e. The van der Waals surface area contributed by atoms with Crippen LogP contribution in [0.25, 0.3) is 0 Å². The first-order valence-electron chi connectivity index (χ1n) is 5.61. The van der Waals surface area contributed by atoms with Gasteiger partial charge in [0.1, 0.15) is 6.61 Å². The van der Waals surface area contributed by atoms with Crippen LogP contribution in [0.3, 0.4) is 0 Å². The Morgan fingerprint density at radius 3 is 2.67 bits per heavy atom. The number of nitrogens with one attached hydrogen (secondary N) is 1. The van der Waals surface area contributed by atoms with Crippen LogP contribution >= 0.6 is 11.6 Å². The first kappa shape index (κ1) is 14.7. The zero-order valence-corrected chi connectivity index (χ0v) is 11.5. The molecule has 0 aromatic heterocycles. The molecular formula is C12H17ClN2O3. The summed E-state index contributed by atoms with van der Waals surface area (Å²) in [5.41, 5.74) is -0.117. The Kier molecular flexibility index (Phi) is 4.93. The predicted molar refractivity (Wildman–Crippen MR) is 71.4 cm³/mol. The van der Waals surface area contributed by atoms with E-state index in [0.717, 1.165) is 0 Å². The Balaban J connectivity index is 2.59. The number of hydrogen-bond donors (Lipinski definition) is 1. The molecule has 0 saturated heterocycles. The van der Waals surface area contributed by atoms with Gasteiger partial charge in [-0.1, -0.05) is 11.6 Å². The highest BCUT2D eigenvalue weighted by atomic mass is 35.5. The molecule has 0 aliphatic rings. The fourth-order valence-corrected chi connectivity index (χ4v) is 1.51. The average molecular weight is 273 g/mol. The molecular weight excluding hydrogens is 256 g/mol. The van der Waals surface area contributed by atoms with Gasteiger partial charge in [-0.05, 0) is 32.9 Å². The van der Waals surface area contributed by atoms with Gasteiger partial charge in [-0.3, -0.25) is 10.1 Å². The summed E-state index contributed by atoms with van der Waals surface area (Å²) in [4.78, 5) is 10.3. The molecule has 18 heavy (non-hydrogen) atoms. The Morgan fingerprint density at radius 1 is 1.44 bits per heavy atom. The highest BCUT2D eigenvalue weighted by Gasteiger charge is 2.15. The Labute approximate surface area is 111 Å². The van der Waals surface area contributed by atoms with Crippen LogP contribution in [0.15, 0.2) is 18.2 Å². The van der Waals surface area contributed by atoms with Crippen LogP contribution in [0.4, 0.5) is 5.69 Å². The maximum absolute atomic E-state index is 10.8. The van der Waals surface area contributed by atoms with Gasteiger partial charge < -0.3 is 10.1 Å². The molecule has 0 amide bonds. The van der Waals surface area contributed by atoms with Crippen LogP contribution in [0.5, 0.6) is 5.75 Å². The number of rotatable bonds is 5. The van der Waals surface area contributed by atoms with Crippen molar-refractivity contribution >= 4 is 17.3 Å². The standard InChI is InChI=1S/C12H17ClN2O3/c1-12(2,3)14-6-7-18-11-5-4-9(13)8-10(11)15(16)17/h4-5,8,14H,6-7H2,1-3H3. The zero-order valence-electron chi connectivity index (χ0n) is 10.7. The van der Waals surface area contributed by atoms with Crippen molar-refractivity contribution in [3.63, 3.8) is 0 Å². The summed E-state index contributed by atoms with van der Waals surface area (Å²) in [6.45, 7) is 7.09. The molecule has 1 N–H and O–H groups in total. The first-order valence-corrected chi connectivity index (χ1v) is 5.99. The highest BCUT2D eigenvalue weighted by Crippen LogP contribution is 2.29. The van der Waals surface area contributed by atoms with Gasteiger partial charge in [0, 0.05) is 23.2 Å². The van der Waals surface area contributed by atoms with Crippen molar-refractivity contribution in [3.05, 3.63) is 33.3 Å². The molecule has 1 aromatic rings. The number of nitro benzene ring substituents is 1. The first-order chi connectivity index (χ1) is 8.29. The van der Waals surface area contributed by atoms with Crippen molar-refractivity contribution in [2.24, 2.45) is 0 Å². The SMILES string of the molecule is CC(C)(C)NCCOc1ccc(Cl)cc1[N+](=O)[O-]. The quantitative estimate of drug-likeness (QED) is 0.508. The minimum absolute atomic E-state index is 0.00467. The smallest absolute Gasteiger partial charge is 0.312 e. The van der Waals surface area contributed by atoms with Crippen molar-refractivity contribution in [1.82, 2.24) is 5.32 Å². The maximum Gasteiger partial charge on any atom is 0.312 e. The second-order valence-electron chi connectivity index (χ2n) is 4.89. The third-order valence-electron chi connectivity index (χ3n) is 2.13. The maximum atomic E-state index is 10.8. The topological polar surface area (TPSA) is 64.4 Å². The van der Waals surface area contributed by atoms with Crippen molar-refractivity contribution in [3.8, 4) is 5.75 Å². The van der Waals surface area contributed by atoms with Gasteiger partial charge in [0.25, 0.3) is 0 Å². The van der Waals surface area contributed by atoms with Gasteiger partial charge in [0.2, 0.25) is 0 Å². The average Bonchev–Trinajstić information content (AvgIpc) is 2.24. The predicted octanol–water partition coefficient (Wildman–Crippen LogP) is 3.02. The molecule has 6 heteroatoms. The monoisotopic (exact) mass is 272 g/mol. The summed E-state index contributed by atoms with van der Waals surface area (Å²) in [7, 11) is 0. The fraction of sp³-hybridized carbons (Fsp3) is 0.500. The Bertz CT molecular complexity index is 430. The molecule has 0 fully saturated rings. The van der Waals surface area contributed by atoms with Crippen LogP contribution in [0.1, 0.15) is 20.8 Å². The number of halogens is 1. The van der Waals surface area contributed by atoms with Crippen LogP contribution in [0.2, 0.25) is 5.02 Å². The molecule has 0 bridgehead atoms. The molecule has 0 spiro atoms. The molecule has 0 radical (unpaired) electrons. The molecule has 0 aliphatic heterocycles. The molecule has 0 saturated carbocycles. The van der Waals surface area contributed by atoms with E-state index < -0.39 is 4.92 Å². The van der Waals surface area contributed by atoms with E-state index in [9.17, 15) is 10.1 Å². The molecule has 1 aromatic carbocycles. The lowest BCUT2D eigenvalue weighted by atomic mass is 10.1. The second-order valence-corrected chi connectivity index (χ2v) is 5.33. The summed E-state index contributed by atoms with van der Waals surface area (Å²) in [5, 5.41) is 14.4. The fourth-order valence-electron chi connectivity index (χ4n) is 1.34. The van der Waals surface area contributed by atoms with E-state index in [1.807, 2.05) is 20.8 Å². The number of benzene rings is 1. The second kappa shape index (κ2) is 6.02. The summed E-state index contributed by atoms with van der Waals surface area (Å²) < 4.78 is 5.39. The molecule has 5 nitrogen and oxygen atoms in total. The molecule has 0 unspecified atom stereocenters. The normalized spacial score (nSPS) is 11.3. The lowest BCUT2D eigenvalue weighted by molar-refractivity contribution is -0.385. The van der Waals surface area contributed by atoms with Gasteiger partial charge >= 0.3 is 5.69 Å². The van der Waals surface area contributed by atoms with Crippen molar-refractivity contribution in [2.75, 3.05) is 13.2 Å². The summed E-state index contributed by atoms with van der Waals surface area (Å²) in [6, 6.07) is 4.37. The van der Waals surface area contributed by atoms with Gasteiger partial charge in [0.05, 0.1) is 4.92 Å².